The predicted octanol–water partition coefficient (Wildman–Crippen LogP) is 0.524. The van der Waals surface area contributed by atoms with Crippen LogP contribution in [0.1, 0.15) is 0 Å². The van der Waals surface area contributed by atoms with Crippen molar-refractivity contribution < 1.29 is 13.5 Å². The average molecular weight is 150 g/mol. The van der Waals surface area contributed by atoms with Crippen LogP contribution in [0.25, 0.3) is 0 Å². The minimum Gasteiger partial charge on any atom is -0.331 e. The Hall–Kier alpha value is 0.140. The SMILES string of the molecule is C#CC1(O)OSSO1. The number of hydrogen-bond donors (Lipinski definition) is 1. The number of hydrogen-bond acceptors (Lipinski definition) is 5. The minimum absolute atomic E-state index is 0.908. The normalized spacial score (nSPS) is 25.0. The molecule has 0 aromatic rings. The zero-order valence-corrected chi connectivity index (χ0v) is 5.29. The van der Waals surface area contributed by atoms with Crippen LogP contribution in [0.5, 0.6) is 0 Å². The third kappa shape index (κ3) is 1.10. The van der Waals surface area contributed by atoms with Gasteiger partial charge >= 0.3 is 5.97 Å². The van der Waals surface area contributed by atoms with Crippen molar-refractivity contribution in [3.05, 3.63) is 0 Å². The van der Waals surface area contributed by atoms with E-state index in [0.29, 0.717) is 0 Å². The van der Waals surface area contributed by atoms with E-state index in [2.05, 4.69) is 8.37 Å². The Kier molecular flexibility index (Phi) is 1.70. The van der Waals surface area contributed by atoms with Crippen molar-refractivity contribution in [3.8, 4) is 12.3 Å². The molecular formula is C3H2O3S2. The van der Waals surface area contributed by atoms with Gasteiger partial charge in [-0.05, 0) is 5.92 Å². The second-order valence-electron chi connectivity index (χ2n) is 1.03. The molecule has 1 aliphatic rings. The summed E-state index contributed by atoms with van der Waals surface area (Å²) < 4.78 is 8.93. The van der Waals surface area contributed by atoms with E-state index in [0.717, 1.165) is 22.1 Å². The highest BCUT2D eigenvalue weighted by Crippen LogP contribution is 2.40. The molecule has 3 nitrogen and oxygen atoms in total. The summed E-state index contributed by atoms with van der Waals surface area (Å²) in [6.45, 7) is 0. The van der Waals surface area contributed by atoms with Crippen LogP contribution in [-0.2, 0) is 8.37 Å². The number of terminal acetylenes is 1. The van der Waals surface area contributed by atoms with Crippen LogP contribution >= 0.6 is 22.1 Å². The summed E-state index contributed by atoms with van der Waals surface area (Å²) in [5, 5.41) is 8.78. The van der Waals surface area contributed by atoms with E-state index in [4.69, 9.17) is 11.5 Å². The lowest BCUT2D eigenvalue weighted by molar-refractivity contribution is -0.199. The first-order valence-corrected chi connectivity index (χ1v) is 3.67. The molecule has 8 heavy (non-hydrogen) atoms. The molecule has 1 aliphatic heterocycles. The summed E-state index contributed by atoms with van der Waals surface area (Å²) in [7, 11) is 0. The van der Waals surface area contributed by atoms with E-state index in [1.165, 1.54) is 0 Å². The Labute approximate surface area is 54.5 Å². The fourth-order valence-electron chi connectivity index (χ4n) is 0.182. The fourth-order valence-corrected chi connectivity index (χ4v) is 1.35. The number of rotatable bonds is 0. The maximum Gasteiger partial charge on any atom is 0.373 e. The Balaban J connectivity index is 2.56. The van der Waals surface area contributed by atoms with Gasteiger partial charge in [0.15, 0.2) is 0 Å². The first kappa shape index (κ1) is 6.26. The highest BCUT2D eigenvalue weighted by atomic mass is 33.1. The van der Waals surface area contributed by atoms with Crippen molar-refractivity contribution in [2.45, 2.75) is 5.97 Å². The third-order valence-electron chi connectivity index (χ3n) is 0.504. The first-order chi connectivity index (χ1) is 3.77. The molecule has 1 rings (SSSR count). The largest absolute Gasteiger partial charge is 0.373 e. The molecule has 0 bridgehead atoms. The van der Waals surface area contributed by atoms with Crippen molar-refractivity contribution >= 4 is 22.1 Å². The van der Waals surface area contributed by atoms with E-state index < -0.39 is 5.97 Å². The molecule has 1 saturated heterocycles. The highest BCUT2D eigenvalue weighted by Gasteiger charge is 2.34. The molecule has 1 fully saturated rings. The summed E-state index contributed by atoms with van der Waals surface area (Å²) in [5.74, 6) is 0.0995. The molecule has 0 aromatic heterocycles. The monoisotopic (exact) mass is 150 g/mol. The molecule has 0 atom stereocenters. The molecule has 0 saturated carbocycles. The molecule has 5 heteroatoms. The minimum atomic E-state index is -1.81. The van der Waals surface area contributed by atoms with Gasteiger partial charge in [0.2, 0.25) is 0 Å². The van der Waals surface area contributed by atoms with Crippen LogP contribution in [0.15, 0.2) is 0 Å². The van der Waals surface area contributed by atoms with Crippen molar-refractivity contribution in [2.75, 3.05) is 0 Å². The van der Waals surface area contributed by atoms with Crippen molar-refractivity contribution in [2.24, 2.45) is 0 Å². The van der Waals surface area contributed by atoms with Gasteiger partial charge < -0.3 is 5.11 Å². The molecule has 0 aliphatic carbocycles. The summed E-state index contributed by atoms with van der Waals surface area (Å²) >= 11 is 1.82. The lowest BCUT2D eigenvalue weighted by Gasteiger charge is -2.06. The second-order valence-corrected chi connectivity index (χ2v) is 2.45. The summed E-state index contributed by atoms with van der Waals surface area (Å²) in [4.78, 5) is 0. The van der Waals surface area contributed by atoms with Gasteiger partial charge in [-0.2, -0.15) is 0 Å². The molecule has 0 amide bonds. The van der Waals surface area contributed by atoms with Gasteiger partial charge in [0.1, 0.15) is 0 Å². The molecular weight excluding hydrogens is 148 g/mol. The van der Waals surface area contributed by atoms with Crippen LogP contribution in [0.3, 0.4) is 0 Å². The zero-order chi connectivity index (χ0) is 6.04. The van der Waals surface area contributed by atoms with Crippen LogP contribution in [0.2, 0.25) is 0 Å². The van der Waals surface area contributed by atoms with Gasteiger partial charge in [0.05, 0.1) is 22.1 Å². The topological polar surface area (TPSA) is 38.7 Å². The Morgan fingerprint density at radius 1 is 1.50 bits per heavy atom. The van der Waals surface area contributed by atoms with Crippen LogP contribution in [-0.4, -0.2) is 11.1 Å². The lowest BCUT2D eigenvalue weighted by atomic mass is 10.6. The van der Waals surface area contributed by atoms with Crippen LogP contribution in [0.4, 0.5) is 0 Å². The van der Waals surface area contributed by atoms with E-state index in [9.17, 15) is 0 Å². The van der Waals surface area contributed by atoms with Gasteiger partial charge in [-0.15, -0.1) is 6.42 Å². The van der Waals surface area contributed by atoms with E-state index in [-0.39, 0.29) is 0 Å². The Bertz CT molecular complexity index is 123. The van der Waals surface area contributed by atoms with Gasteiger partial charge in [-0.25, -0.2) is 8.37 Å². The number of aliphatic hydroxyl groups is 1. The maximum atomic E-state index is 8.78. The molecule has 0 radical (unpaired) electrons. The average Bonchev–Trinajstić information content (AvgIpc) is 2.17. The highest BCUT2D eigenvalue weighted by molar-refractivity contribution is 8.73. The molecule has 44 valence electrons. The van der Waals surface area contributed by atoms with Crippen LogP contribution < -0.4 is 0 Å². The Morgan fingerprint density at radius 3 is 2.25 bits per heavy atom. The van der Waals surface area contributed by atoms with E-state index in [1.54, 1.807) is 0 Å². The summed E-state index contributed by atoms with van der Waals surface area (Å²) in [5.41, 5.74) is 0. The summed E-state index contributed by atoms with van der Waals surface area (Å²) in [6, 6.07) is 0. The lowest BCUT2D eigenvalue weighted by Crippen LogP contribution is -2.24. The second kappa shape index (κ2) is 2.17. The van der Waals surface area contributed by atoms with Gasteiger partial charge in [0, 0.05) is 0 Å². The van der Waals surface area contributed by atoms with Gasteiger partial charge in [-0.1, -0.05) is 0 Å². The fraction of sp³-hybridized carbons (Fsp3) is 0.333. The maximum absolute atomic E-state index is 8.78. The third-order valence-corrected chi connectivity index (χ3v) is 1.72. The van der Waals surface area contributed by atoms with Crippen molar-refractivity contribution in [1.82, 2.24) is 0 Å². The zero-order valence-electron chi connectivity index (χ0n) is 3.66. The molecule has 1 heterocycles. The molecule has 0 unspecified atom stereocenters. The van der Waals surface area contributed by atoms with E-state index in [1.807, 2.05) is 5.92 Å². The van der Waals surface area contributed by atoms with Gasteiger partial charge in [-0.3, -0.25) is 0 Å². The van der Waals surface area contributed by atoms with E-state index >= 15 is 0 Å². The van der Waals surface area contributed by atoms with Crippen LogP contribution in [0, 0.1) is 12.3 Å². The quantitative estimate of drug-likeness (QED) is 0.309. The van der Waals surface area contributed by atoms with Crippen molar-refractivity contribution in [3.63, 3.8) is 0 Å². The Morgan fingerprint density at radius 2 is 2.00 bits per heavy atom. The summed E-state index contributed by atoms with van der Waals surface area (Å²) in [6.07, 6.45) is 4.79. The molecule has 1 N–H and O–H groups in total. The molecule has 0 aromatic carbocycles. The standard InChI is InChI=1S/C3H2O3S2/c1-2-3(4)5-7-8-6-3/h1,4H. The molecule has 0 spiro atoms. The first-order valence-electron chi connectivity index (χ1n) is 1.67. The van der Waals surface area contributed by atoms with Crippen molar-refractivity contribution in [1.29, 1.82) is 0 Å². The smallest absolute Gasteiger partial charge is 0.331 e. The van der Waals surface area contributed by atoms with Gasteiger partial charge in [0.25, 0.3) is 0 Å². The predicted molar refractivity (Wildman–Crippen MR) is 31.1 cm³/mol.